The van der Waals surface area contributed by atoms with Crippen LogP contribution in [0, 0.1) is 5.82 Å². The van der Waals surface area contributed by atoms with E-state index in [1.54, 1.807) is 21.9 Å². The van der Waals surface area contributed by atoms with Crippen molar-refractivity contribution in [1.82, 2.24) is 19.7 Å². The summed E-state index contributed by atoms with van der Waals surface area (Å²) in [4.78, 5) is 14.4. The number of ether oxygens (including phenoxy) is 1. The molecule has 0 unspecified atom stereocenters. The molecule has 2 heterocycles. The molecule has 24 heavy (non-hydrogen) atoms. The number of carbonyl (C=O) groups excluding carboxylic acids is 1. The van der Waals surface area contributed by atoms with E-state index in [2.05, 4.69) is 10.2 Å². The average molecular weight is 332 g/mol. The number of hydrogen-bond acceptors (Lipinski definition) is 4. The molecule has 1 aromatic heterocycles. The summed E-state index contributed by atoms with van der Waals surface area (Å²) in [5, 5.41) is 7.92. The lowest BCUT2D eigenvalue weighted by Gasteiger charge is -2.33. The lowest BCUT2D eigenvalue weighted by atomic mass is 9.97. The summed E-state index contributed by atoms with van der Waals surface area (Å²) in [6, 6.07) is 6.41. The van der Waals surface area contributed by atoms with Crippen LogP contribution in [0.5, 0.6) is 0 Å². The van der Waals surface area contributed by atoms with E-state index in [-0.39, 0.29) is 23.7 Å². The van der Waals surface area contributed by atoms with Gasteiger partial charge in [0.15, 0.2) is 5.82 Å². The molecule has 1 fully saturated rings. The molecule has 1 amide bonds. The molecule has 7 heteroatoms. The van der Waals surface area contributed by atoms with Crippen LogP contribution >= 0.6 is 0 Å². The second-order valence-corrected chi connectivity index (χ2v) is 6.16. The number of aryl methyl sites for hydroxylation is 1. The minimum Gasteiger partial charge on any atom is -0.366 e. The lowest BCUT2D eigenvalue weighted by Crippen LogP contribution is -2.43. The summed E-state index contributed by atoms with van der Waals surface area (Å²) in [5.41, 5.74) is 0.835. The number of rotatable bonds is 4. The number of aromatic nitrogens is 3. The van der Waals surface area contributed by atoms with Crippen molar-refractivity contribution in [2.45, 2.75) is 25.4 Å². The molecule has 1 aromatic carbocycles. The van der Waals surface area contributed by atoms with Crippen molar-refractivity contribution in [3.8, 4) is 0 Å². The highest BCUT2D eigenvalue weighted by Gasteiger charge is 2.28. The topological polar surface area (TPSA) is 60.3 Å². The molecule has 6 nitrogen and oxygen atoms in total. The second-order valence-electron chi connectivity index (χ2n) is 6.16. The Hall–Kier alpha value is -2.28. The maximum Gasteiger partial charge on any atom is 0.223 e. The van der Waals surface area contributed by atoms with Crippen molar-refractivity contribution in [3.05, 3.63) is 47.8 Å². The maximum atomic E-state index is 13.3. The summed E-state index contributed by atoms with van der Waals surface area (Å²) < 4.78 is 20.9. The van der Waals surface area contributed by atoms with E-state index in [1.807, 2.05) is 20.0 Å². The summed E-state index contributed by atoms with van der Waals surface area (Å²) >= 11 is 0. The average Bonchev–Trinajstić information content (AvgIpc) is 3.01. The molecule has 0 bridgehead atoms. The highest BCUT2D eigenvalue weighted by molar-refractivity contribution is 5.77. The van der Waals surface area contributed by atoms with Gasteiger partial charge in [-0.05, 0) is 23.6 Å². The highest BCUT2D eigenvalue weighted by Crippen LogP contribution is 2.24. The third kappa shape index (κ3) is 3.62. The van der Waals surface area contributed by atoms with E-state index >= 15 is 0 Å². The van der Waals surface area contributed by atoms with Gasteiger partial charge in [0.05, 0.1) is 13.2 Å². The number of hydrogen-bond donors (Lipinski definition) is 0. The zero-order valence-electron chi connectivity index (χ0n) is 13.9. The Labute approximate surface area is 140 Å². The van der Waals surface area contributed by atoms with Gasteiger partial charge in [-0.1, -0.05) is 19.1 Å². The Kier molecular flexibility index (Phi) is 4.89. The Balaban J connectivity index is 1.63. The van der Waals surface area contributed by atoms with Crippen LogP contribution in [0.25, 0.3) is 0 Å². The third-order valence-corrected chi connectivity index (χ3v) is 4.35. The van der Waals surface area contributed by atoms with Crippen molar-refractivity contribution >= 4 is 5.91 Å². The summed E-state index contributed by atoms with van der Waals surface area (Å²) in [7, 11) is 1.85. The smallest absolute Gasteiger partial charge is 0.223 e. The fraction of sp³-hybridized carbons (Fsp3) is 0.471. The van der Waals surface area contributed by atoms with Crippen LogP contribution in [0.2, 0.25) is 0 Å². The Morgan fingerprint density at radius 2 is 2.33 bits per heavy atom. The molecule has 1 aliphatic heterocycles. The van der Waals surface area contributed by atoms with E-state index in [0.29, 0.717) is 31.9 Å². The molecule has 2 atom stereocenters. The van der Waals surface area contributed by atoms with E-state index in [1.165, 1.54) is 12.1 Å². The Morgan fingerprint density at radius 1 is 1.50 bits per heavy atom. The van der Waals surface area contributed by atoms with Crippen LogP contribution < -0.4 is 0 Å². The Bertz CT molecular complexity index is 718. The third-order valence-electron chi connectivity index (χ3n) is 4.35. The van der Waals surface area contributed by atoms with E-state index < -0.39 is 0 Å². The normalized spacial score (nSPS) is 19.3. The number of halogens is 1. The molecule has 0 saturated carbocycles. The fourth-order valence-electron chi connectivity index (χ4n) is 2.94. The van der Waals surface area contributed by atoms with Gasteiger partial charge >= 0.3 is 0 Å². The Morgan fingerprint density at radius 3 is 3.04 bits per heavy atom. The van der Waals surface area contributed by atoms with E-state index in [4.69, 9.17) is 4.74 Å². The molecule has 2 aromatic rings. The van der Waals surface area contributed by atoms with Gasteiger partial charge in [0.2, 0.25) is 5.91 Å². The van der Waals surface area contributed by atoms with Crippen LogP contribution in [0.3, 0.4) is 0 Å². The quantitative estimate of drug-likeness (QED) is 0.860. The number of carbonyl (C=O) groups is 1. The predicted molar refractivity (Wildman–Crippen MR) is 85.7 cm³/mol. The van der Waals surface area contributed by atoms with Gasteiger partial charge in [0, 0.05) is 20.0 Å². The van der Waals surface area contributed by atoms with Crippen LogP contribution in [0.15, 0.2) is 30.6 Å². The van der Waals surface area contributed by atoms with Gasteiger partial charge in [0.1, 0.15) is 18.2 Å². The second kappa shape index (κ2) is 7.09. The molecule has 0 N–H and O–H groups in total. The largest absolute Gasteiger partial charge is 0.366 e. The molecule has 128 valence electrons. The number of morpholine rings is 1. The molecule has 0 radical (unpaired) electrons. The minimum atomic E-state index is -0.277. The van der Waals surface area contributed by atoms with Gasteiger partial charge in [-0.3, -0.25) is 4.79 Å². The zero-order chi connectivity index (χ0) is 17.1. The van der Waals surface area contributed by atoms with Crippen LogP contribution in [0.4, 0.5) is 4.39 Å². The monoisotopic (exact) mass is 332 g/mol. The zero-order valence-corrected chi connectivity index (χ0v) is 13.9. The summed E-state index contributed by atoms with van der Waals surface area (Å²) in [6.45, 7) is 3.43. The first kappa shape index (κ1) is 16.6. The van der Waals surface area contributed by atoms with Crippen molar-refractivity contribution in [2.24, 2.45) is 7.05 Å². The van der Waals surface area contributed by atoms with Gasteiger partial charge < -0.3 is 14.2 Å². The molecular formula is C17H21FN4O2. The molecule has 0 aliphatic carbocycles. The molecule has 0 spiro atoms. The van der Waals surface area contributed by atoms with Crippen LogP contribution in [-0.2, 0) is 16.6 Å². The minimum absolute atomic E-state index is 0.0377. The van der Waals surface area contributed by atoms with Crippen LogP contribution in [-0.4, -0.2) is 45.3 Å². The first-order valence-electron chi connectivity index (χ1n) is 8.03. The van der Waals surface area contributed by atoms with Crippen molar-refractivity contribution in [3.63, 3.8) is 0 Å². The summed E-state index contributed by atoms with van der Waals surface area (Å²) in [5.74, 6) is 0.442. The number of amides is 1. The molecule has 1 saturated heterocycles. The van der Waals surface area contributed by atoms with Crippen molar-refractivity contribution < 1.29 is 13.9 Å². The fourth-order valence-corrected chi connectivity index (χ4v) is 2.94. The SMILES string of the molecule is C[C@H](CC(=O)N1CCO[C@@H](c2nncn2C)C1)c1cccc(F)c1. The van der Waals surface area contributed by atoms with Gasteiger partial charge in [-0.25, -0.2) is 4.39 Å². The molecule has 3 rings (SSSR count). The highest BCUT2D eigenvalue weighted by atomic mass is 19.1. The first-order valence-corrected chi connectivity index (χ1v) is 8.03. The van der Waals surface area contributed by atoms with Gasteiger partial charge in [-0.15, -0.1) is 10.2 Å². The number of nitrogens with zero attached hydrogens (tertiary/aromatic N) is 4. The molecule has 1 aliphatic rings. The van der Waals surface area contributed by atoms with Crippen molar-refractivity contribution in [2.75, 3.05) is 19.7 Å². The van der Waals surface area contributed by atoms with E-state index in [9.17, 15) is 9.18 Å². The first-order chi connectivity index (χ1) is 11.5. The van der Waals surface area contributed by atoms with Gasteiger partial charge in [0.25, 0.3) is 0 Å². The van der Waals surface area contributed by atoms with Crippen molar-refractivity contribution in [1.29, 1.82) is 0 Å². The number of benzene rings is 1. The van der Waals surface area contributed by atoms with Crippen LogP contribution in [0.1, 0.15) is 36.8 Å². The standard InChI is InChI=1S/C17H21FN4O2/c1-12(13-4-3-5-14(18)9-13)8-16(23)22-6-7-24-15(10-22)17-20-19-11-21(17)2/h3-5,9,11-12,15H,6-8,10H2,1-2H3/t12-,15-/m1/s1. The molecular weight excluding hydrogens is 311 g/mol. The predicted octanol–water partition coefficient (Wildman–Crippen LogP) is 2.05. The van der Waals surface area contributed by atoms with Gasteiger partial charge in [-0.2, -0.15) is 0 Å². The lowest BCUT2D eigenvalue weighted by molar-refractivity contribution is -0.139. The van der Waals surface area contributed by atoms with E-state index in [0.717, 1.165) is 5.56 Å². The maximum absolute atomic E-state index is 13.3. The summed E-state index contributed by atoms with van der Waals surface area (Å²) in [6.07, 6.45) is 1.69.